The summed E-state index contributed by atoms with van der Waals surface area (Å²) in [6.07, 6.45) is 0.813. The largest absolute Gasteiger partial charge is 0.385 e. The molecule has 17 heavy (non-hydrogen) atoms. The van der Waals surface area contributed by atoms with Crippen molar-refractivity contribution in [1.29, 1.82) is 0 Å². The second-order valence-electron chi connectivity index (χ2n) is 3.53. The lowest BCUT2D eigenvalue weighted by molar-refractivity contribution is -0.387. The molecule has 0 fully saturated rings. The van der Waals surface area contributed by atoms with Gasteiger partial charge in [-0.25, -0.2) is 0 Å². The highest BCUT2D eigenvalue weighted by Gasteiger charge is 2.16. The van der Waals surface area contributed by atoms with Gasteiger partial charge in [-0.05, 0) is 13.0 Å². The second kappa shape index (κ2) is 6.93. The van der Waals surface area contributed by atoms with Crippen molar-refractivity contribution in [2.75, 3.05) is 20.3 Å². The van der Waals surface area contributed by atoms with Gasteiger partial charge in [0.1, 0.15) is 0 Å². The van der Waals surface area contributed by atoms with Crippen LogP contribution < -0.4 is 5.32 Å². The van der Waals surface area contributed by atoms with Gasteiger partial charge in [0.15, 0.2) is 0 Å². The van der Waals surface area contributed by atoms with Crippen LogP contribution in [-0.2, 0) is 11.3 Å². The summed E-state index contributed by atoms with van der Waals surface area (Å²) in [6, 6.07) is 4.17. The summed E-state index contributed by atoms with van der Waals surface area (Å²) in [4.78, 5) is 9.80. The van der Waals surface area contributed by atoms with E-state index in [1.807, 2.05) is 0 Å². The van der Waals surface area contributed by atoms with Gasteiger partial charge >= 0.3 is 5.69 Å². The van der Waals surface area contributed by atoms with E-state index < -0.39 is 16.4 Å². The first kappa shape index (κ1) is 13.5. The van der Waals surface area contributed by atoms with Crippen LogP contribution in [0.2, 0.25) is 0 Å². The third-order valence-corrected chi connectivity index (χ3v) is 2.27. The molecule has 0 heterocycles. The van der Waals surface area contributed by atoms with Crippen LogP contribution in [0, 0.1) is 15.9 Å². The van der Waals surface area contributed by atoms with Crippen molar-refractivity contribution in [3.8, 4) is 0 Å². The van der Waals surface area contributed by atoms with Crippen LogP contribution in [-0.4, -0.2) is 25.2 Å². The fourth-order valence-electron chi connectivity index (χ4n) is 1.41. The SMILES string of the molecule is COCCCNCc1cccc([N+](=O)[O-])c1F. The molecule has 1 N–H and O–H groups in total. The molecule has 0 saturated heterocycles. The Morgan fingerprint density at radius 3 is 2.94 bits per heavy atom. The normalized spacial score (nSPS) is 10.5. The summed E-state index contributed by atoms with van der Waals surface area (Å²) in [5.74, 6) is -0.767. The van der Waals surface area contributed by atoms with Gasteiger partial charge in [-0.15, -0.1) is 0 Å². The average molecular weight is 242 g/mol. The molecule has 94 valence electrons. The molecular formula is C11H15FN2O3. The van der Waals surface area contributed by atoms with E-state index >= 15 is 0 Å². The van der Waals surface area contributed by atoms with Crippen molar-refractivity contribution in [3.05, 3.63) is 39.7 Å². The Labute approximate surface area is 98.7 Å². The van der Waals surface area contributed by atoms with Crippen molar-refractivity contribution in [2.45, 2.75) is 13.0 Å². The minimum absolute atomic E-state index is 0.275. The number of nitro benzene ring substituents is 1. The van der Waals surface area contributed by atoms with Crippen LogP contribution in [0.15, 0.2) is 18.2 Å². The van der Waals surface area contributed by atoms with E-state index in [9.17, 15) is 14.5 Å². The van der Waals surface area contributed by atoms with Crippen LogP contribution in [0.25, 0.3) is 0 Å². The molecule has 0 aliphatic rings. The summed E-state index contributed by atoms with van der Waals surface area (Å²) in [6.45, 7) is 1.58. The Bertz CT molecular complexity index is 385. The molecule has 0 spiro atoms. The summed E-state index contributed by atoms with van der Waals surface area (Å²) >= 11 is 0. The first-order valence-corrected chi connectivity index (χ1v) is 5.28. The lowest BCUT2D eigenvalue weighted by atomic mass is 10.2. The summed E-state index contributed by atoms with van der Waals surface area (Å²) < 4.78 is 18.5. The van der Waals surface area contributed by atoms with Gasteiger partial charge in [0, 0.05) is 31.9 Å². The van der Waals surface area contributed by atoms with Crippen molar-refractivity contribution in [3.63, 3.8) is 0 Å². The Morgan fingerprint density at radius 2 is 2.29 bits per heavy atom. The number of hydrogen-bond acceptors (Lipinski definition) is 4. The molecule has 0 amide bonds. The van der Waals surface area contributed by atoms with Crippen molar-refractivity contribution in [1.82, 2.24) is 5.32 Å². The fourth-order valence-corrected chi connectivity index (χ4v) is 1.41. The third-order valence-electron chi connectivity index (χ3n) is 2.27. The van der Waals surface area contributed by atoms with Gasteiger partial charge in [-0.1, -0.05) is 12.1 Å². The lowest BCUT2D eigenvalue weighted by Gasteiger charge is -2.05. The Hall–Kier alpha value is -1.53. The first-order valence-electron chi connectivity index (χ1n) is 5.28. The minimum Gasteiger partial charge on any atom is -0.385 e. The molecular weight excluding hydrogens is 227 g/mol. The Morgan fingerprint density at radius 1 is 1.53 bits per heavy atom. The monoisotopic (exact) mass is 242 g/mol. The van der Waals surface area contributed by atoms with Crippen LogP contribution in [0.1, 0.15) is 12.0 Å². The zero-order chi connectivity index (χ0) is 12.7. The number of methoxy groups -OCH3 is 1. The van der Waals surface area contributed by atoms with Crippen molar-refractivity contribution < 1.29 is 14.1 Å². The second-order valence-corrected chi connectivity index (χ2v) is 3.53. The van der Waals surface area contributed by atoms with E-state index in [0.717, 1.165) is 12.5 Å². The molecule has 1 aromatic rings. The molecule has 0 radical (unpaired) electrons. The molecule has 0 aliphatic heterocycles. The molecule has 0 saturated carbocycles. The Balaban J connectivity index is 2.54. The molecule has 0 atom stereocenters. The molecule has 0 unspecified atom stereocenters. The molecule has 6 heteroatoms. The van der Waals surface area contributed by atoms with E-state index in [-0.39, 0.29) is 6.54 Å². The minimum atomic E-state index is -0.767. The number of hydrogen-bond donors (Lipinski definition) is 1. The molecule has 0 aliphatic carbocycles. The van der Waals surface area contributed by atoms with E-state index in [0.29, 0.717) is 18.7 Å². The number of rotatable bonds is 7. The predicted molar refractivity (Wildman–Crippen MR) is 61.3 cm³/mol. The standard InChI is InChI=1S/C11H15FN2O3/c1-17-7-3-6-13-8-9-4-2-5-10(11(9)12)14(15)16/h2,4-5,13H,3,6-8H2,1H3. The van der Waals surface area contributed by atoms with E-state index in [1.165, 1.54) is 12.1 Å². The molecule has 1 rings (SSSR count). The topological polar surface area (TPSA) is 64.4 Å². The predicted octanol–water partition coefficient (Wildman–Crippen LogP) is 1.86. The average Bonchev–Trinajstić information content (AvgIpc) is 2.30. The lowest BCUT2D eigenvalue weighted by Crippen LogP contribution is -2.17. The fraction of sp³-hybridized carbons (Fsp3) is 0.455. The van der Waals surface area contributed by atoms with Crippen LogP contribution in [0.5, 0.6) is 0 Å². The number of halogens is 1. The highest BCUT2D eigenvalue weighted by Crippen LogP contribution is 2.19. The zero-order valence-corrected chi connectivity index (χ0v) is 9.61. The maximum atomic E-state index is 13.6. The third kappa shape index (κ3) is 4.08. The number of nitrogens with zero attached hydrogens (tertiary/aromatic N) is 1. The quantitative estimate of drug-likeness (QED) is 0.450. The highest BCUT2D eigenvalue weighted by atomic mass is 19.1. The highest BCUT2D eigenvalue weighted by molar-refractivity contribution is 5.36. The van der Waals surface area contributed by atoms with Gasteiger partial charge in [-0.3, -0.25) is 10.1 Å². The molecule has 0 aromatic heterocycles. The maximum Gasteiger partial charge on any atom is 0.305 e. The van der Waals surface area contributed by atoms with Crippen LogP contribution >= 0.6 is 0 Å². The number of ether oxygens (including phenoxy) is 1. The van der Waals surface area contributed by atoms with Crippen molar-refractivity contribution in [2.24, 2.45) is 0 Å². The summed E-state index contributed by atoms with van der Waals surface area (Å²) in [5.41, 5.74) is -0.183. The van der Waals surface area contributed by atoms with E-state index in [2.05, 4.69) is 5.32 Å². The zero-order valence-electron chi connectivity index (χ0n) is 9.61. The van der Waals surface area contributed by atoms with Crippen LogP contribution in [0.3, 0.4) is 0 Å². The Kier molecular flexibility index (Phi) is 5.51. The molecule has 5 nitrogen and oxygen atoms in total. The number of benzene rings is 1. The summed E-state index contributed by atoms with van der Waals surface area (Å²) in [7, 11) is 1.61. The number of nitrogens with one attached hydrogen (secondary N) is 1. The van der Waals surface area contributed by atoms with Gasteiger partial charge in [0.05, 0.1) is 4.92 Å². The molecule has 1 aromatic carbocycles. The van der Waals surface area contributed by atoms with Gasteiger partial charge < -0.3 is 10.1 Å². The van der Waals surface area contributed by atoms with Crippen molar-refractivity contribution >= 4 is 5.69 Å². The number of nitro groups is 1. The van der Waals surface area contributed by atoms with Gasteiger partial charge in [0.2, 0.25) is 5.82 Å². The summed E-state index contributed by atoms with van der Waals surface area (Å²) in [5, 5.41) is 13.5. The van der Waals surface area contributed by atoms with Gasteiger partial charge in [-0.2, -0.15) is 4.39 Å². The van der Waals surface area contributed by atoms with E-state index in [1.54, 1.807) is 7.11 Å². The molecule has 0 bridgehead atoms. The maximum absolute atomic E-state index is 13.6. The van der Waals surface area contributed by atoms with Gasteiger partial charge in [0.25, 0.3) is 0 Å². The first-order chi connectivity index (χ1) is 8.16. The smallest absolute Gasteiger partial charge is 0.305 e. The van der Waals surface area contributed by atoms with Crippen LogP contribution in [0.4, 0.5) is 10.1 Å². The van der Waals surface area contributed by atoms with E-state index in [4.69, 9.17) is 4.74 Å².